The second kappa shape index (κ2) is 5.31. The molecule has 2 heterocycles. The van der Waals surface area contributed by atoms with E-state index in [-0.39, 0.29) is 0 Å². The molecule has 1 aromatic heterocycles. The second-order valence-corrected chi connectivity index (χ2v) is 4.34. The van der Waals surface area contributed by atoms with E-state index in [0.29, 0.717) is 12.0 Å². The number of nitrogens with zero attached hydrogens (tertiary/aromatic N) is 3. The van der Waals surface area contributed by atoms with E-state index in [1.54, 1.807) is 0 Å². The summed E-state index contributed by atoms with van der Waals surface area (Å²) in [5.41, 5.74) is 0.990. The molecule has 0 aromatic carbocycles. The summed E-state index contributed by atoms with van der Waals surface area (Å²) in [5, 5.41) is 3.16. The van der Waals surface area contributed by atoms with Crippen LogP contribution in [-0.4, -0.2) is 42.3 Å². The van der Waals surface area contributed by atoms with Crippen LogP contribution in [0.15, 0.2) is 6.07 Å². The second-order valence-electron chi connectivity index (χ2n) is 4.34. The van der Waals surface area contributed by atoms with Gasteiger partial charge in [-0.15, -0.1) is 0 Å². The summed E-state index contributed by atoms with van der Waals surface area (Å²) >= 11 is 0. The summed E-state index contributed by atoms with van der Waals surface area (Å²) in [4.78, 5) is 11.2. The van der Waals surface area contributed by atoms with Gasteiger partial charge < -0.3 is 15.0 Å². The molecular formula is C12H20N4O. The Morgan fingerprint density at radius 1 is 1.53 bits per heavy atom. The van der Waals surface area contributed by atoms with Gasteiger partial charge in [-0.1, -0.05) is 0 Å². The smallest absolute Gasteiger partial charge is 0.224 e. The molecule has 0 bridgehead atoms. The largest absolute Gasteiger partial charge is 0.377 e. The fourth-order valence-electron chi connectivity index (χ4n) is 2.00. The summed E-state index contributed by atoms with van der Waals surface area (Å²) in [5.74, 6) is 1.70. The third-order valence-electron chi connectivity index (χ3n) is 2.84. The predicted molar refractivity (Wildman–Crippen MR) is 68.6 cm³/mol. The third-order valence-corrected chi connectivity index (χ3v) is 2.84. The van der Waals surface area contributed by atoms with Crippen LogP contribution in [-0.2, 0) is 4.74 Å². The highest BCUT2D eigenvalue weighted by Gasteiger charge is 2.20. The van der Waals surface area contributed by atoms with Gasteiger partial charge in [-0.25, -0.2) is 4.98 Å². The first-order valence-electron chi connectivity index (χ1n) is 6.14. The topological polar surface area (TPSA) is 50.3 Å². The average Bonchev–Trinajstić information content (AvgIpc) is 2.29. The van der Waals surface area contributed by atoms with Crippen LogP contribution in [0.4, 0.5) is 11.8 Å². The number of rotatable bonds is 3. The first-order valence-corrected chi connectivity index (χ1v) is 6.14. The van der Waals surface area contributed by atoms with E-state index in [9.17, 15) is 0 Å². The SMILES string of the molecule is CCNc1nc(C)cc(N2CCOCC2C)n1. The average molecular weight is 236 g/mol. The number of hydrogen-bond acceptors (Lipinski definition) is 5. The van der Waals surface area contributed by atoms with Crippen molar-refractivity contribution in [2.75, 3.05) is 36.5 Å². The zero-order chi connectivity index (χ0) is 12.3. The third kappa shape index (κ3) is 2.85. The number of hydrogen-bond donors (Lipinski definition) is 1. The quantitative estimate of drug-likeness (QED) is 0.860. The Labute approximate surface area is 102 Å². The molecule has 1 unspecified atom stereocenters. The van der Waals surface area contributed by atoms with E-state index >= 15 is 0 Å². The minimum Gasteiger partial charge on any atom is -0.377 e. The van der Waals surface area contributed by atoms with E-state index in [1.807, 2.05) is 19.9 Å². The van der Waals surface area contributed by atoms with Crippen LogP contribution < -0.4 is 10.2 Å². The van der Waals surface area contributed by atoms with Crippen molar-refractivity contribution in [2.45, 2.75) is 26.8 Å². The summed E-state index contributed by atoms with van der Waals surface area (Å²) in [6, 6.07) is 2.40. The number of anilines is 2. The van der Waals surface area contributed by atoms with Crippen molar-refractivity contribution in [3.8, 4) is 0 Å². The number of nitrogens with one attached hydrogen (secondary N) is 1. The summed E-state index contributed by atoms with van der Waals surface area (Å²) in [6.45, 7) is 9.46. The molecule has 1 saturated heterocycles. The number of aromatic nitrogens is 2. The molecule has 0 aliphatic carbocycles. The Morgan fingerprint density at radius 2 is 2.35 bits per heavy atom. The Morgan fingerprint density at radius 3 is 3.06 bits per heavy atom. The molecule has 0 saturated carbocycles. The van der Waals surface area contributed by atoms with Crippen molar-refractivity contribution in [1.82, 2.24) is 9.97 Å². The van der Waals surface area contributed by atoms with E-state index in [4.69, 9.17) is 4.74 Å². The molecule has 94 valence electrons. The molecule has 1 aliphatic rings. The molecule has 5 heteroatoms. The molecule has 1 N–H and O–H groups in total. The van der Waals surface area contributed by atoms with Crippen LogP contribution in [0.25, 0.3) is 0 Å². The fourth-order valence-corrected chi connectivity index (χ4v) is 2.00. The zero-order valence-electron chi connectivity index (χ0n) is 10.7. The Bertz CT molecular complexity index is 383. The maximum atomic E-state index is 5.44. The molecule has 17 heavy (non-hydrogen) atoms. The number of ether oxygens (including phenoxy) is 1. The first kappa shape index (κ1) is 12.1. The lowest BCUT2D eigenvalue weighted by molar-refractivity contribution is 0.0985. The van der Waals surface area contributed by atoms with Crippen molar-refractivity contribution < 1.29 is 4.74 Å². The molecule has 1 aromatic rings. The van der Waals surface area contributed by atoms with Crippen molar-refractivity contribution in [1.29, 1.82) is 0 Å². The summed E-state index contributed by atoms with van der Waals surface area (Å²) in [6.07, 6.45) is 0. The van der Waals surface area contributed by atoms with Gasteiger partial charge in [0.2, 0.25) is 5.95 Å². The van der Waals surface area contributed by atoms with E-state index in [0.717, 1.165) is 37.8 Å². The zero-order valence-corrected chi connectivity index (χ0v) is 10.7. The van der Waals surface area contributed by atoms with Gasteiger partial charge in [-0.3, -0.25) is 0 Å². The van der Waals surface area contributed by atoms with Gasteiger partial charge in [0.25, 0.3) is 0 Å². The Hall–Kier alpha value is -1.36. The normalized spacial score (nSPS) is 20.4. The Balaban J connectivity index is 2.24. The highest BCUT2D eigenvalue weighted by atomic mass is 16.5. The van der Waals surface area contributed by atoms with Crippen molar-refractivity contribution in [3.63, 3.8) is 0 Å². The molecule has 1 fully saturated rings. The monoisotopic (exact) mass is 236 g/mol. The van der Waals surface area contributed by atoms with E-state index in [2.05, 4.69) is 27.1 Å². The molecule has 1 atom stereocenters. The highest BCUT2D eigenvalue weighted by Crippen LogP contribution is 2.19. The minimum absolute atomic E-state index is 0.368. The van der Waals surface area contributed by atoms with Gasteiger partial charge in [0, 0.05) is 24.8 Å². The lowest BCUT2D eigenvalue weighted by Gasteiger charge is -2.34. The van der Waals surface area contributed by atoms with Crippen LogP contribution in [0.1, 0.15) is 19.5 Å². The first-order chi connectivity index (χ1) is 8.20. The van der Waals surface area contributed by atoms with Gasteiger partial charge in [0.05, 0.1) is 19.3 Å². The molecule has 1 aliphatic heterocycles. The predicted octanol–water partition coefficient (Wildman–Crippen LogP) is 1.44. The molecule has 2 rings (SSSR count). The highest BCUT2D eigenvalue weighted by molar-refractivity contribution is 5.45. The molecular weight excluding hydrogens is 216 g/mol. The summed E-state index contributed by atoms with van der Waals surface area (Å²) in [7, 11) is 0. The number of morpholine rings is 1. The van der Waals surface area contributed by atoms with Crippen molar-refractivity contribution in [3.05, 3.63) is 11.8 Å². The standard InChI is InChI=1S/C12H20N4O/c1-4-13-12-14-9(2)7-11(15-12)16-5-6-17-8-10(16)3/h7,10H,4-6,8H2,1-3H3,(H,13,14,15). The van der Waals surface area contributed by atoms with Gasteiger partial charge in [-0.2, -0.15) is 4.98 Å². The van der Waals surface area contributed by atoms with Crippen LogP contribution in [0.5, 0.6) is 0 Å². The fraction of sp³-hybridized carbons (Fsp3) is 0.667. The van der Waals surface area contributed by atoms with Crippen molar-refractivity contribution in [2.24, 2.45) is 0 Å². The van der Waals surface area contributed by atoms with Crippen LogP contribution in [0, 0.1) is 6.92 Å². The Kier molecular flexibility index (Phi) is 3.78. The minimum atomic E-state index is 0.368. The van der Waals surface area contributed by atoms with E-state index in [1.165, 1.54) is 0 Å². The maximum Gasteiger partial charge on any atom is 0.224 e. The summed E-state index contributed by atoms with van der Waals surface area (Å²) < 4.78 is 5.44. The van der Waals surface area contributed by atoms with Gasteiger partial charge in [0.1, 0.15) is 5.82 Å². The van der Waals surface area contributed by atoms with Crippen LogP contribution in [0.2, 0.25) is 0 Å². The van der Waals surface area contributed by atoms with Crippen LogP contribution >= 0.6 is 0 Å². The molecule has 0 spiro atoms. The van der Waals surface area contributed by atoms with Gasteiger partial charge in [0.15, 0.2) is 0 Å². The van der Waals surface area contributed by atoms with Crippen molar-refractivity contribution >= 4 is 11.8 Å². The molecule has 5 nitrogen and oxygen atoms in total. The lowest BCUT2D eigenvalue weighted by Crippen LogP contribution is -2.44. The lowest BCUT2D eigenvalue weighted by atomic mass is 10.2. The van der Waals surface area contributed by atoms with Gasteiger partial charge in [-0.05, 0) is 20.8 Å². The van der Waals surface area contributed by atoms with Crippen LogP contribution in [0.3, 0.4) is 0 Å². The number of aryl methyl sites for hydroxylation is 1. The van der Waals surface area contributed by atoms with Gasteiger partial charge >= 0.3 is 0 Å². The van der Waals surface area contributed by atoms with E-state index < -0.39 is 0 Å². The maximum absolute atomic E-state index is 5.44. The molecule has 0 radical (unpaired) electrons. The molecule has 0 amide bonds.